The van der Waals surface area contributed by atoms with Crippen molar-refractivity contribution in [3.8, 4) is 0 Å². The van der Waals surface area contributed by atoms with Gasteiger partial charge in [0.1, 0.15) is 13.2 Å². The first-order chi connectivity index (χ1) is 27.6. The van der Waals surface area contributed by atoms with Crippen LogP contribution in [0.25, 0.3) is 0 Å². The highest BCUT2D eigenvalue weighted by atomic mass is 16.6. The first kappa shape index (κ1) is 55.4. The third-order valence-electron chi connectivity index (χ3n) is 11.4. The quantitative estimate of drug-likeness (QED) is 0.0347. The summed E-state index contributed by atoms with van der Waals surface area (Å²) in [4.78, 5) is 37.9. The highest BCUT2D eigenvalue weighted by molar-refractivity contribution is 5.71. The van der Waals surface area contributed by atoms with Crippen molar-refractivity contribution >= 4 is 17.9 Å². The van der Waals surface area contributed by atoms with E-state index in [2.05, 4.69) is 41.5 Å². The molecule has 57 heavy (non-hydrogen) atoms. The van der Waals surface area contributed by atoms with E-state index in [1.54, 1.807) is 0 Å². The summed E-state index contributed by atoms with van der Waals surface area (Å²) in [7, 11) is 0. The second kappa shape index (κ2) is 42.5. The molecule has 0 heterocycles. The van der Waals surface area contributed by atoms with Crippen LogP contribution < -0.4 is 0 Å². The van der Waals surface area contributed by atoms with Gasteiger partial charge in [0.25, 0.3) is 0 Å². The number of hydrogen-bond donors (Lipinski definition) is 0. The van der Waals surface area contributed by atoms with Gasteiger partial charge in [0, 0.05) is 19.3 Å². The molecule has 0 aromatic rings. The summed E-state index contributed by atoms with van der Waals surface area (Å²) in [5, 5.41) is 0. The molecule has 1 atom stereocenters. The molecule has 0 saturated heterocycles. The third-order valence-corrected chi connectivity index (χ3v) is 11.4. The second-order valence-corrected chi connectivity index (χ2v) is 18.9. The molecule has 0 fully saturated rings. The molecule has 0 spiro atoms. The van der Waals surface area contributed by atoms with E-state index < -0.39 is 6.10 Å². The van der Waals surface area contributed by atoms with Gasteiger partial charge in [-0.15, -0.1) is 0 Å². The average Bonchev–Trinajstić information content (AvgIpc) is 3.16. The van der Waals surface area contributed by atoms with Crippen molar-refractivity contribution in [3.63, 3.8) is 0 Å². The van der Waals surface area contributed by atoms with E-state index in [1.807, 2.05) is 0 Å². The van der Waals surface area contributed by atoms with Gasteiger partial charge in [0.15, 0.2) is 6.10 Å². The maximum atomic E-state index is 12.8. The molecule has 0 aliphatic carbocycles. The molecule has 0 N–H and O–H groups in total. The molecule has 6 nitrogen and oxygen atoms in total. The molecular formula is C51H98O6. The summed E-state index contributed by atoms with van der Waals surface area (Å²) in [6.45, 7) is 13.7. The fourth-order valence-electron chi connectivity index (χ4n) is 7.59. The number of ether oxygens (including phenoxy) is 3. The van der Waals surface area contributed by atoms with Crippen LogP contribution in [0.2, 0.25) is 0 Å². The molecule has 0 unspecified atom stereocenters. The van der Waals surface area contributed by atoms with E-state index in [0.29, 0.717) is 19.3 Å². The number of carbonyl (C=O) groups excluding carboxylic acids is 3. The Labute approximate surface area is 355 Å². The lowest BCUT2D eigenvalue weighted by Crippen LogP contribution is -2.30. The van der Waals surface area contributed by atoms with Crippen LogP contribution in [0.3, 0.4) is 0 Å². The van der Waals surface area contributed by atoms with E-state index >= 15 is 0 Å². The Bertz CT molecular complexity index is 883. The fourth-order valence-corrected chi connectivity index (χ4v) is 7.59. The molecule has 0 amide bonds. The van der Waals surface area contributed by atoms with Gasteiger partial charge in [-0.2, -0.15) is 0 Å². The van der Waals surface area contributed by atoms with Crippen molar-refractivity contribution in [2.75, 3.05) is 13.2 Å². The Hall–Kier alpha value is -1.59. The van der Waals surface area contributed by atoms with E-state index in [-0.39, 0.29) is 31.1 Å². The van der Waals surface area contributed by atoms with Crippen molar-refractivity contribution in [1.29, 1.82) is 0 Å². The maximum Gasteiger partial charge on any atom is 0.306 e. The lowest BCUT2D eigenvalue weighted by Gasteiger charge is -2.18. The van der Waals surface area contributed by atoms with Crippen LogP contribution >= 0.6 is 0 Å². The molecule has 0 saturated carbocycles. The van der Waals surface area contributed by atoms with Crippen LogP contribution in [0.1, 0.15) is 273 Å². The first-order valence-electron chi connectivity index (χ1n) is 25.1. The number of rotatable bonds is 44. The lowest BCUT2D eigenvalue weighted by molar-refractivity contribution is -0.167. The summed E-state index contributed by atoms with van der Waals surface area (Å²) < 4.78 is 16.8. The number of esters is 3. The normalized spacial score (nSPS) is 12.2. The van der Waals surface area contributed by atoms with Crippen LogP contribution in [0.5, 0.6) is 0 Å². The Balaban J connectivity index is 4.32. The molecular weight excluding hydrogens is 709 g/mol. The number of unbranched alkanes of at least 4 members (excludes halogenated alkanes) is 27. The molecule has 0 rings (SSSR count). The molecule has 0 bridgehead atoms. The minimum atomic E-state index is -0.762. The molecule has 0 aromatic heterocycles. The minimum Gasteiger partial charge on any atom is -0.462 e. The van der Waals surface area contributed by atoms with E-state index in [1.165, 1.54) is 154 Å². The van der Waals surface area contributed by atoms with Gasteiger partial charge >= 0.3 is 17.9 Å². The predicted molar refractivity (Wildman–Crippen MR) is 243 cm³/mol. The lowest BCUT2D eigenvalue weighted by atomic mass is 10.0. The molecule has 0 aliphatic heterocycles. The van der Waals surface area contributed by atoms with Gasteiger partial charge in [-0.05, 0) is 37.0 Å². The summed E-state index contributed by atoms with van der Waals surface area (Å²) in [6.07, 6.45) is 40.9. The zero-order valence-corrected chi connectivity index (χ0v) is 39.1. The Kier molecular flexibility index (Phi) is 41.3. The Morgan fingerprint density at radius 1 is 0.298 bits per heavy atom. The molecule has 6 heteroatoms. The molecule has 0 aliphatic rings. The van der Waals surface area contributed by atoms with Crippen molar-refractivity contribution in [3.05, 3.63) is 0 Å². The van der Waals surface area contributed by atoms with Crippen molar-refractivity contribution in [1.82, 2.24) is 0 Å². The van der Waals surface area contributed by atoms with Crippen LogP contribution in [-0.4, -0.2) is 37.2 Å². The van der Waals surface area contributed by atoms with E-state index in [4.69, 9.17) is 14.2 Å². The van der Waals surface area contributed by atoms with Crippen LogP contribution in [0.4, 0.5) is 0 Å². The van der Waals surface area contributed by atoms with Gasteiger partial charge in [0.2, 0.25) is 0 Å². The highest BCUT2D eigenvalue weighted by Crippen LogP contribution is 2.17. The third kappa shape index (κ3) is 45.3. The topological polar surface area (TPSA) is 78.9 Å². The zero-order chi connectivity index (χ0) is 42.0. The fraction of sp³-hybridized carbons (Fsp3) is 0.941. The van der Waals surface area contributed by atoms with E-state index in [9.17, 15) is 14.4 Å². The summed E-state index contributed by atoms with van der Waals surface area (Å²) in [6, 6.07) is 0. The SMILES string of the molecule is CC(C)CCCCCCCCCCCCCCC(=O)OC[C@H](COC(=O)CCCCCCCCCCC(C)C)OC(=O)CCCCCCCCCCCCC(C)C. The summed E-state index contributed by atoms with van der Waals surface area (Å²) in [5.41, 5.74) is 0. The first-order valence-corrected chi connectivity index (χ1v) is 25.1. The number of carbonyl (C=O) groups is 3. The van der Waals surface area contributed by atoms with Crippen molar-refractivity contribution in [2.45, 2.75) is 279 Å². The van der Waals surface area contributed by atoms with Crippen molar-refractivity contribution < 1.29 is 28.6 Å². The van der Waals surface area contributed by atoms with Gasteiger partial charge < -0.3 is 14.2 Å². The smallest absolute Gasteiger partial charge is 0.306 e. The zero-order valence-electron chi connectivity index (χ0n) is 39.1. The van der Waals surface area contributed by atoms with Crippen LogP contribution in [0, 0.1) is 17.8 Å². The Morgan fingerprint density at radius 2 is 0.509 bits per heavy atom. The molecule has 0 radical (unpaired) electrons. The summed E-state index contributed by atoms with van der Waals surface area (Å²) in [5.74, 6) is 1.59. The van der Waals surface area contributed by atoms with Gasteiger partial charge in [-0.3, -0.25) is 14.4 Å². The van der Waals surface area contributed by atoms with Gasteiger partial charge in [-0.25, -0.2) is 0 Å². The maximum absolute atomic E-state index is 12.8. The number of hydrogen-bond acceptors (Lipinski definition) is 6. The molecule has 0 aromatic carbocycles. The average molecular weight is 807 g/mol. The standard InChI is InChI=1S/C51H98O6/c1-45(2)37-31-25-19-13-9-7-8-10-15-22-28-34-40-49(52)55-43-48(44-56-50(53)41-35-29-23-18-17-21-27-33-39-47(5)6)57-51(54)42-36-30-24-16-12-11-14-20-26-32-38-46(3)4/h45-48H,7-44H2,1-6H3/t48-/m1/s1. The van der Waals surface area contributed by atoms with E-state index in [0.717, 1.165) is 75.5 Å². The van der Waals surface area contributed by atoms with Gasteiger partial charge in [-0.1, -0.05) is 234 Å². The Morgan fingerprint density at radius 3 is 0.754 bits per heavy atom. The highest BCUT2D eigenvalue weighted by Gasteiger charge is 2.19. The van der Waals surface area contributed by atoms with Crippen molar-refractivity contribution in [2.24, 2.45) is 17.8 Å². The minimum absolute atomic E-state index is 0.0653. The summed E-state index contributed by atoms with van der Waals surface area (Å²) >= 11 is 0. The largest absolute Gasteiger partial charge is 0.462 e. The second-order valence-electron chi connectivity index (χ2n) is 18.9. The van der Waals surface area contributed by atoms with Crippen LogP contribution in [0.15, 0.2) is 0 Å². The van der Waals surface area contributed by atoms with Gasteiger partial charge in [0.05, 0.1) is 0 Å². The monoisotopic (exact) mass is 807 g/mol. The van der Waals surface area contributed by atoms with Crippen LogP contribution in [-0.2, 0) is 28.6 Å². The predicted octanol–water partition coefficient (Wildman–Crippen LogP) is 16.0. The molecule has 338 valence electrons.